The Morgan fingerprint density at radius 1 is 0.875 bits per heavy atom. The average molecular weight is 455 g/mol. The number of ether oxygens (including phenoxy) is 1. The minimum Gasteiger partial charge on any atom is -0.457 e. The number of halogens is 1. The number of anilines is 1. The molecule has 0 aromatic heterocycles. The van der Waals surface area contributed by atoms with E-state index in [-0.39, 0.29) is 29.8 Å². The third-order valence-corrected chi connectivity index (χ3v) is 7.29. The zero-order chi connectivity index (χ0) is 22.6. The van der Waals surface area contributed by atoms with Crippen LogP contribution in [0.3, 0.4) is 0 Å². The lowest BCUT2D eigenvalue weighted by Crippen LogP contribution is -2.41. The van der Waals surface area contributed by atoms with Crippen molar-refractivity contribution in [1.29, 1.82) is 0 Å². The first-order valence-corrected chi connectivity index (χ1v) is 11.8. The first-order chi connectivity index (χ1) is 15.4. The smallest absolute Gasteiger partial charge is 0.243 e. The first kappa shape index (κ1) is 22.0. The molecule has 0 aliphatic carbocycles. The van der Waals surface area contributed by atoms with E-state index in [1.54, 1.807) is 24.3 Å². The summed E-state index contributed by atoms with van der Waals surface area (Å²) in [6, 6.07) is 21.3. The summed E-state index contributed by atoms with van der Waals surface area (Å²) in [6.45, 7) is 0.475. The molecule has 0 spiro atoms. The lowest BCUT2D eigenvalue weighted by molar-refractivity contribution is -0.120. The minimum atomic E-state index is -3.70. The van der Waals surface area contributed by atoms with E-state index < -0.39 is 15.8 Å². The van der Waals surface area contributed by atoms with Crippen LogP contribution in [0.25, 0.3) is 0 Å². The van der Waals surface area contributed by atoms with E-state index in [9.17, 15) is 17.6 Å². The third-order valence-electron chi connectivity index (χ3n) is 5.38. The summed E-state index contributed by atoms with van der Waals surface area (Å²) in [5.74, 6) is 0.481. The topological polar surface area (TPSA) is 75.7 Å². The number of carbonyl (C=O) groups is 1. The van der Waals surface area contributed by atoms with Crippen LogP contribution in [-0.2, 0) is 14.8 Å². The molecule has 6 nitrogen and oxygen atoms in total. The summed E-state index contributed by atoms with van der Waals surface area (Å²) in [6.07, 6.45) is 0.836. The molecule has 32 heavy (non-hydrogen) atoms. The summed E-state index contributed by atoms with van der Waals surface area (Å²) < 4.78 is 45.6. The number of sulfonamides is 1. The Morgan fingerprint density at radius 3 is 2.09 bits per heavy atom. The Bertz CT molecular complexity index is 1160. The Balaban J connectivity index is 1.31. The Labute approximate surface area is 186 Å². The molecule has 1 amide bonds. The highest BCUT2D eigenvalue weighted by atomic mass is 32.2. The van der Waals surface area contributed by atoms with Gasteiger partial charge in [0, 0.05) is 24.7 Å². The third kappa shape index (κ3) is 5.15. The van der Waals surface area contributed by atoms with Crippen LogP contribution in [-0.4, -0.2) is 31.7 Å². The molecule has 1 aliphatic rings. The van der Waals surface area contributed by atoms with Crippen molar-refractivity contribution in [3.8, 4) is 11.5 Å². The van der Waals surface area contributed by atoms with Gasteiger partial charge in [0.15, 0.2) is 0 Å². The molecule has 0 unspecified atom stereocenters. The molecule has 1 aliphatic heterocycles. The van der Waals surface area contributed by atoms with Crippen molar-refractivity contribution in [2.45, 2.75) is 17.7 Å². The van der Waals surface area contributed by atoms with Gasteiger partial charge >= 0.3 is 0 Å². The van der Waals surface area contributed by atoms with Gasteiger partial charge in [-0.15, -0.1) is 0 Å². The highest BCUT2D eigenvalue weighted by Crippen LogP contribution is 2.26. The van der Waals surface area contributed by atoms with Crippen molar-refractivity contribution in [2.75, 3.05) is 18.4 Å². The minimum absolute atomic E-state index is 0.0552. The van der Waals surface area contributed by atoms with Gasteiger partial charge in [-0.3, -0.25) is 4.79 Å². The quantitative estimate of drug-likeness (QED) is 0.588. The Kier molecular flexibility index (Phi) is 6.53. The maximum atomic E-state index is 13.1. The van der Waals surface area contributed by atoms with Crippen molar-refractivity contribution in [3.05, 3.63) is 84.7 Å². The van der Waals surface area contributed by atoms with Crippen LogP contribution >= 0.6 is 0 Å². The number of piperidine rings is 1. The molecule has 0 saturated carbocycles. The van der Waals surface area contributed by atoms with Crippen LogP contribution in [0, 0.1) is 11.7 Å². The maximum absolute atomic E-state index is 13.1. The highest BCUT2D eigenvalue weighted by molar-refractivity contribution is 7.89. The van der Waals surface area contributed by atoms with Gasteiger partial charge in [0.2, 0.25) is 15.9 Å². The fourth-order valence-electron chi connectivity index (χ4n) is 3.59. The number of nitrogens with zero attached hydrogens (tertiary/aromatic N) is 1. The van der Waals surface area contributed by atoms with E-state index in [0.717, 1.165) is 17.9 Å². The second kappa shape index (κ2) is 9.50. The van der Waals surface area contributed by atoms with Gasteiger partial charge in [0.05, 0.1) is 4.90 Å². The maximum Gasteiger partial charge on any atom is 0.243 e. The number of hydrogen-bond acceptors (Lipinski definition) is 4. The van der Waals surface area contributed by atoms with Gasteiger partial charge in [0.25, 0.3) is 0 Å². The lowest BCUT2D eigenvalue weighted by Gasteiger charge is -2.30. The van der Waals surface area contributed by atoms with E-state index in [1.807, 2.05) is 30.3 Å². The second-order valence-corrected chi connectivity index (χ2v) is 9.50. The van der Waals surface area contributed by atoms with Crippen LogP contribution in [0.5, 0.6) is 11.5 Å². The average Bonchev–Trinajstić information content (AvgIpc) is 2.81. The summed E-state index contributed by atoms with van der Waals surface area (Å²) in [4.78, 5) is 12.7. The van der Waals surface area contributed by atoms with Crippen LogP contribution in [0.1, 0.15) is 12.8 Å². The molecule has 3 aromatic carbocycles. The molecule has 4 rings (SSSR count). The Morgan fingerprint density at radius 2 is 1.47 bits per heavy atom. The second-order valence-electron chi connectivity index (χ2n) is 7.56. The monoisotopic (exact) mass is 454 g/mol. The molecule has 1 N–H and O–H groups in total. The molecule has 1 heterocycles. The molecule has 0 radical (unpaired) electrons. The van der Waals surface area contributed by atoms with Gasteiger partial charge in [0.1, 0.15) is 17.3 Å². The molecule has 166 valence electrons. The SMILES string of the molecule is O=C(Nc1ccc(Oc2ccccc2)cc1)C1CCN(S(=O)(=O)c2ccc(F)cc2)CC1. The number of para-hydroxylation sites is 1. The fourth-order valence-corrected chi connectivity index (χ4v) is 5.06. The molecule has 8 heteroatoms. The number of rotatable bonds is 6. The van der Waals surface area contributed by atoms with Crippen molar-refractivity contribution in [3.63, 3.8) is 0 Å². The summed E-state index contributed by atoms with van der Waals surface area (Å²) in [7, 11) is -3.70. The van der Waals surface area contributed by atoms with Gasteiger partial charge in [-0.1, -0.05) is 18.2 Å². The van der Waals surface area contributed by atoms with Gasteiger partial charge < -0.3 is 10.1 Å². The van der Waals surface area contributed by atoms with Crippen molar-refractivity contribution in [2.24, 2.45) is 5.92 Å². The molecular weight excluding hydrogens is 431 g/mol. The van der Waals surface area contributed by atoms with E-state index in [1.165, 1.54) is 16.4 Å². The fraction of sp³-hybridized carbons (Fsp3) is 0.208. The lowest BCUT2D eigenvalue weighted by atomic mass is 9.97. The number of benzene rings is 3. The number of amides is 1. The van der Waals surface area contributed by atoms with E-state index >= 15 is 0 Å². The van der Waals surface area contributed by atoms with Crippen molar-refractivity contribution in [1.82, 2.24) is 4.31 Å². The largest absolute Gasteiger partial charge is 0.457 e. The summed E-state index contributed by atoms with van der Waals surface area (Å²) in [5, 5.41) is 2.89. The number of carbonyl (C=O) groups excluding carboxylic acids is 1. The predicted octanol–water partition coefficient (Wildman–Crippen LogP) is 4.66. The van der Waals surface area contributed by atoms with Crippen molar-refractivity contribution >= 4 is 21.6 Å². The van der Waals surface area contributed by atoms with Crippen molar-refractivity contribution < 1.29 is 22.3 Å². The van der Waals surface area contributed by atoms with E-state index in [4.69, 9.17) is 4.74 Å². The molecule has 0 bridgehead atoms. The molecule has 1 saturated heterocycles. The zero-order valence-electron chi connectivity index (χ0n) is 17.3. The van der Waals surface area contributed by atoms with Gasteiger partial charge in [-0.25, -0.2) is 12.8 Å². The van der Waals surface area contributed by atoms with Crippen LogP contribution in [0.15, 0.2) is 83.8 Å². The van der Waals surface area contributed by atoms with E-state index in [0.29, 0.717) is 24.3 Å². The van der Waals surface area contributed by atoms with Crippen LogP contribution < -0.4 is 10.1 Å². The molecule has 3 aromatic rings. The molecule has 0 atom stereocenters. The standard InChI is InChI=1S/C24H23FN2O4S/c25-19-6-12-23(13-7-19)32(29,30)27-16-14-18(15-17-27)24(28)26-20-8-10-22(11-9-20)31-21-4-2-1-3-5-21/h1-13,18H,14-17H2,(H,26,28). The Hall–Kier alpha value is -3.23. The summed E-state index contributed by atoms with van der Waals surface area (Å²) >= 11 is 0. The molecular formula is C24H23FN2O4S. The van der Waals surface area contributed by atoms with Gasteiger partial charge in [-0.2, -0.15) is 4.31 Å². The normalized spacial score (nSPS) is 15.3. The summed E-state index contributed by atoms with van der Waals surface area (Å²) in [5.41, 5.74) is 0.650. The molecule has 1 fully saturated rings. The predicted molar refractivity (Wildman–Crippen MR) is 119 cm³/mol. The van der Waals surface area contributed by atoms with Crippen LogP contribution in [0.2, 0.25) is 0 Å². The number of hydrogen-bond donors (Lipinski definition) is 1. The zero-order valence-corrected chi connectivity index (χ0v) is 18.1. The van der Waals surface area contributed by atoms with Crippen LogP contribution in [0.4, 0.5) is 10.1 Å². The number of nitrogens with one attached hydrogen (secondary N) is 1. The first-order valence-electron chi connectivity index (χ1n) is 10.3. The van der Waals surface area contributed by atoms with Gasteiger partial charge in [-0.05, 0) is 73.5 Å². The van der Waals surface area contributed by atoms with E-state index in [2.05, 4.69) is 5.32 Å². The highest BCUT2D eigenvalue weighted by Gasteiger charge is 2.32.